The molecule has 0 bridgehead atoms. The highest BCUT2D eigenvalue weighted by Crippen LogP contribution is 2.14. The van der Waals surface area contributed by atoms with Crippen LogP contribution in [0.25, 0.3) is 0 Å². The molecule has 0 unspecified atom stereocenters. The molecular formula is C21H36O3. The zero-order chi connectivity index (χ0) is 17.5. The van der Waals surface area contributed by atoms with Gasteiger partial charge in [0.25, 0.3) is 0 Å². The summed E-state index contributed by atoms with van der Waals surface area (Å²) in [6, 6.07) is 1.40. The number of hydrogen-bond acceptors (Lipinski definition) is 3. The monoisotopic (exact) mass is 336 g/mol. The maximum Gasteiger partial charge on any atom is 0.226 e. The van der Waals surface area contributed by atoms with Gasteiger partial charge in [0.05, 0.1) is 0 Å². The fraction of sp³-hybridized carbons (Fsp3) is 0.762. The molecule has 3 nitrogen and oxygen atoms in total. The minimum Gasteiger partial charge on any atom is -0.502 e. The fourth-order valence-electron chi connectivity index (χ4n) is 3.07. The molecule has 1 heterocycles. The van der Waals surface area contributed by atoms with Crippen LogP contribution in [0.1, 0.15) is 103 Å². The van der Waals surface area contributed by atoms with Gasteiger partial charge in [-0.25, -0.2) is 0 Å². The summed E-state index contributed by atoms with van der Waals surface area (Å²) in [7, 11) is 0. The molecular weight excluding hydrogens is 300 g/mol. The highest BCUT2D eigenvalue weighted by molar-refractivity contribution is 5.15. The molecule has 1 rings (SSSR count). The zero-order valence-electron chi connectivity index (χ0n) is 15.5. The number of aromatic hydroxyl groups is 1. The van der Waals surface area contributed by atoms with Gasteiger partial charge in [0, 0.05) is 12.5 Å². The largest absolute Gasteiger partial charge is 0.502 e. The number of rotatable bonds is 15. The Balaban J connectivity index is 1.84. The van der Waals surface area contributed by atoms with E-state index in [0.717, 1.165) is 19.1 Å². The maximum absolute atomic E-state index is 11.3. The fourth-order valence-corrected chi connectivity index (χ4v) is 3.07. The minimum atomic E-state index is -0.346. The molecule has 0 fully saturated rings. The van der Waals surface area contributed by atoms with Crippen LogP contribution >= 0.6 is 0 Å². The molecule has 0 atom stereocenters. The Hall–Kier alpha value is -1.25. The van der Waals surface area contributed by atoms with E-state index in [0.29, 0.717) is 5.76 Å². The van der Waals surface area contributed by atoms with Gasteiger partial charge in [-0.2, -0.15) is 0 Å². The van der Waals surface area contributed by atoms with Crippen molar-refractivity contribution in [1.82, 2.24) is 0 Å². The van der Waals surface area contributed by atoms with Crippen LogP contribution in [0, 0.1) is 0 Å². The van der Waals surface area contributed by atoms with Crippen LogP contribution in [0.5, 0.6) is 5.75 Å². The molecule has 0 spiro atoms. The highest BCUT2D eigenvalue weighted by atomic mass is 16.3. The second-order valence-electron chi connectivity index (χ2n) is 6.94. The van der Waals surface area contributed by atoms with E-state index in [1.165, 1.54) is 89.5 Å². The van der Waals surface area contributed by atoms with E-state index in [2.05, 4.69) is 6.92 Å². The first-order chi connectivity index (χ1) is 11.7. The van der Waals surface area contributed by atoms with Gasteiger partial charge in [0.1, 0.15) is 12.0 Å². The van der Waals surface area contributed by atoms with Crippen molar-refractivity contribution in [1.29, 1.82) is 0 Å². The molecule has 138 valence electrons. The van der Waals surface area contributed by atoms with Crippen molar-refractivity contribution in [3.63, 3.8) is 0 Å². The van der Waals surface area contributed by atoms with Crippen LogP contribution in [0.15, 0.2) is 21.5 Å². The van der Waals surface area contributed by atoms with Crippen LogP contribution in [-0.4, -0.2) is 5.11 Å². The van der Waals surface area contributed by atoms with Crippen molar-refractivity contribution >= 4 is 0 Å². The Bertz CT molecular complexity index is 464. The lowest BCUT2D eigenvalue weighted by Gasteiger charge is -2.03. The zero-order valence-corrected chi connectivity index (χ0v) is 15.5. The van der Waals surface area contributed by atoms with E-state index in [1.54, 1.807) is 0 Å². The van der Waals surface area contributed by atoms with E-state index in [-0.39, 0.29) is 11.2 Å². The second kappa shape index (κ2) is 14.1. The van der Waals surface area contributed by atoms with Crippen LogP contribution in [0.2, 0.25) is 0 Å². The molecule has 0 saturated carbocycles. The summed E-state index contributed by atoms with van der Waals surface area (Å²) in [5.41, 5.74) is -0.346. The molecule has 0 aromatic carbocycles. The van der Waals surface area contributed by atoms with Crippen molar-refractivity contribution in [3.05, 3.63) is 28.3 Å². The van der Waals surface area contributed by atoms with Gasteiger partial charge in [-0.1, -0.05) is 90.4 Å². The third-order valence-corrected chi connectivity index (χ3v) is 4.64. The molecule has 3 heteroatoms. The Morgan fingerprint density at radius 2 is 1.25 bits per heavy atom. The van der Waals surface area contributed by atoms with Gasteiger partial charge in [0.15, 0.2) is 5.75 Å². The molecule has 24 heavy (non-hydrogen) atoms. The van der Waals surface area contributed by atoms with Gasteiger partial charge in [-0.15, -0.1) is 0 Å². The Kier molecular flexibility index (Phi) is 12.2. The topological polar surface area (TPSA) is 50.4 Å². The summed E-state index contributed by atoms with van der Waals surface area (Å²) in [5, 5.41) is 9.13. The van der Waals surface area contributed by atoms with Gasteiger partial charge < -0.3 is 9.52 Å². The summed E-state index contributed by atoms with van der Waals surface area (Å²) in [4.78, 5) is 11.3. The summed E-state index contributed by atoms with van der Waals surface area (Å²) in [6.07, 6.45) is 20.7. The average Bonchev–Trinajstić information content (AvgIpc) is 2.58. The predicted molar refractivity (Wildman–Crippen MR) is 101 cm³/mol. The third kappa shape index (κ3) is 10.5. The molecule has 0 aliphatic heterocycles. The number of unbranched alkanes of at least 4 members (excludes halogenated alkanes) is 13. The SMILES string of the molecule is CCCCCCCCCCCCCCCCc1cc(=O)c(O)co1. The van der Waals surface area contributed by atoms with Crippen molar-refractivity contribution in [2.24, 2.45) is 0 Å². The van der Waals surface area contributed by atoms with Gasteiger partial charge in [0.2, 0.25) is 5.43 Å². The molecule has 0 aliphatic carbocycles. The Morgan fingerprint density at radius 3 is 1.71 bits per heavy atom. The van der Waals surface area contributed by atoms with Gasteiger partial charge in [-0.05, 0) is 6.42 Å². The van der Waals surface area contributed by atoms with Crippen LogP contribution < -0.4 is 5.43 Å². The molecule has 0 aliphatic rings. The van der Waals surface area contributed by atoms with Gasteiger partial charge >= 0.3 is 0 Å². The Morgan fingerprint density at radius 1 is 0.792 bits per heavy atom. The minimum absolute atomic E-state index is 0.306. The predicted octanol–water partition coefficient (Wildman–Crippen LogP) is 6.37. The van der Waals surface area contributed by atoms with Crippen molar-refractivity contribution in [2.75, 3.05) is 0 Å². The maximum atomic E-state index is 11.3. The van der Waals surface area contributed by atoms with E-state index in [9.17, 15) is 4.79 Å². The molecule has 1 N–H and O–H groups in total. The van der Waals surface area contributed by atoms with E-state index in [4.69, 9.17) is 9.52 Å². The lowest BCUT2D eigenvalue weighted by molar-refractivity contribution is 0.409. The van der Waals surface area contributed by atoms with E-state index < -0.39 is 0 Å². The highest BCUT2D eigenvalue weighted by Gasteiger charge is 2.01. The second-order valence-corrected chi connectivity index (χ2v) is 6.94. The van der Waals surface area contributed by atoms with E-state index in [1.807, 2.05) is 0 Å². The summed E-state index contributed by atoms with van der Waals surface area (Å²) >= 11 is 0. The van der Waals surface area contributed by atoms with Crippen molar-refractivity contribution in [2.45, 2.75) is 103 Å². The van der Waals surface area contributed by atoms with Gasteiger partial charge in [-0.3, -0.25) is 4.79 Å². The number of hydrogen-bond donors (Lipinski definition) is 1. The molecule has 0 saturated heterocycles. The third-order valence-electron chi connectivity index (χ3n) is 4.64. The van der Waals surface area contributed by atoms with E-state index >= 15 is 0 Å². The van der Waals surface area contributed by atoms with Crippen molar-refractivity contribution in [3.8, 4) is 5.75 Å². The summed E-state index contributed by atoms with van der Waals surface area (Å²) < 4.78 is 5.20. The first-order valence-corrected chi connectivity index (χ1v) is 10.0. The first-order valence-electron chi connectivity index (χ1n) is 10.0. The lowest BCUT2D eigenvalue weighted by Crippen LogP contribution is -2.00. The molecule has 1 aromatic heterocycles. The quantitative estimate of drug-likeness (QED) is 0.379. The smallest absolute Gasteiger partial charge is 0.226 e. The standard InChI is InChI=1S/C21H36O3/c1-2-3-4-5-6-7-8-9-10-11-12-13-14-15-16-19-17-20(22)21(23)18-24-19/h17-18,23H,2-16H2,1H3. The normalized spacial score (nSPS) is 11.0. The molecule has 0 amide bonds. The van der Waals surface area contributed by atoms with Crippen molar-refractivity contribution < 1.29 is 9.52 Å². The van der Waals surface area contributed by atoms with Crippen LogP contribution in [0.4, 0.5) is 0 Å². The summed E-state index contributed by atoms with van der Waals surface area (Å²) in [6.45, 7) is 2.27. The average molecular weight is 337 g/mol. The number of aryl methyl sites for hydroxylation is 1. The van der Waals surface area contributed by atoms with Crippen LogP contribution in [0.3, 0.4) is 0 Å². The lowest BCUT2D eigenvalue weighted by atomic mass is 10.0. The first kappa shape index (κ1) is 20.8. The Labute approximate surface area is 147 Å². The summed E-state index contributed by atoms with van der Waals surface area (Å²) in [5.74, 6) is 0.372. The molecule has 1 aromatic rings. The van der Waals surface area contributed by atoms with Crippen LogP contribution in [-0.2, 0) is 6.42 Å². The molecule has 0 radical (unpaired) electrons.